The van der Waals surface area contributed by atoms with E-state index in [1.807, 2.05) is 19.2 Å². The highest BCUT2D eigenvalue weighted by Gasteiger charge is 2.06. The van der Waals surface area contributed by atoms with Gasteiger partial charge in [-0.3, -0.25) is 4.79 Å². The number of hydrogen-bond donors (Lipinski definition) is 2. The van der Waals surface area contributed by atoms with Crippen LogP contribution in [-0.4, -0.2) is 31.9 Å². The van der Waals surface area contributed by atoms with Gasteiger partial charge >= 0.3 is 0 Å². The molecule has 2 N–H and O–H groups in total. The molecule has 0 spiro atoms. The molecule has 0 aliphatic rings. The Hall–Kier alpha value is -1.20. The number of amides is 1. The highest BCUT2D eigenvalue weighted by Crippen LogP contribution is 2.28. The van der Waals surface area contributed by atoms with Gasteiger partial charge in [-0.2, -0.15) is 0 Å². The predicted molar refractivity (Wildman–Crippen MR) is 89.0 cm³/mol. The summed E-state index contributed by atoms with van der Waals surface area (Å²) in [6, 6.07) is 6.44. The van der Waals surface area contributed by atoms with Crippen molar-refractivity contribution in [2.24, 2.45) is 0 Å². The summed E-state index contributed by atoms with van der Waals surface area (Å²) in [5, 5.41) is 6.25. The maximum atomic E-state index is 11.6. The monoisotopic (exact) mass is 310 g/mol. The number of carbonyl (C=O) groups is 1. The molecule has 1 amide bonds. The van der Waals surface area contributed by atoms with Crippen LogP contribution in [-0.2, 0) is 11.3 Å². The number of thioether (sulfide) groups is 1. The van der Waals surface area contributed by atoms with E-state index in [-0.39, 0.29) is 11.9 Å². The Bertz CT molecular complexity index is 452. The Morgan fingerprint density at radius 1 is 1.43 bits per heavy atom. The maximum Gasteiger partial charge on any atom is 0.221 e. The number of benzene rings is 1. The summed E-state index contributed by atoms with van der Waals surface area (Å²) in [6.07, 6.45) is 3.50. The van der Waals surface area contributed by atoms with Crippen molar-refractivity contribution in [2.75, 3.05) is 19.9 Å². The van der Waals surface area contributed by atoms with Crippen molar-refractivity contribution < 1.29 is 9.53 Å². The van der Waals surface area contributed by atoms with Crippen LogP contribution < -0.4 is 15.4 Å². The normalized spacial score (nSPS) is 12.0. The van der Waals surface area contributed by atoms with E-state index >= 15 is 0 Å². The third kappa shape index (κ3) is 6.40. The van der Waals surface area contributed by atoms with Gasteiger partial charge in [-0.05, 0) is 37.3 Å². The second-order valence-corrected chi connectivity index (χ2v) is 5.84. The Balaban J connectivity index is 2.34. The zero-order valence-electron chi connectivity index (χ0n) is 13.4. The van der Waals surface area contributed by atoms with Crippen LogP contribution in [0.25, 0.3) is 0 Å². The lowest BCUT2D eigenvalue weighted by molar-refractivity contribution is -0.121. The zero-order chi connectivity index (χ0) is 15.7. The lowest BCUT2D eigenvalue weighted by atomic mass is 10.2. The molecule has 0 bridgehead atoms. The van der Waals surface area contributed by atoms with Crippen molar-refractivity contribution >= 4 is 17.7 Å². The van der Waals surface area contributed by atoms with E-state index in [9.17, 15) is 4.79 Å². The molecule has 1 aromatic rings. The van der Waals surface area contributed by atoms with Gasteiger partial charge in [0.2, 0.25) is 5.91 Å². The predicted octanol–water partition coefficient (Wildman–Crippen LogP) is 2.81. The molecule has 0 unspecified atom stereocenters. The first kappa shape index (κ1) is 17.9. The van der Waals surface area contributed by atoms with E-state index in [0.29, 0.717) is 13.0 Å². The van der Waals surface area contributed by atoms with Gasteiger partial charge in [-0.25, -0.2) is 0 Å². The molecule has 0 fully saturated rings. The Kier molecular flexibility index (Phi) is 8.23. The number of carbonyl (C=O) groups excluding carboxylic acids is 1. The summed E-state index contributed by atoms with van der Waals surface area (Å²) >= 11 is 1.67. The number of rotatable bonds is 9. The highest BCUT2D eigenvalue weighted by atomic mass is 32.2. The van der Waals surface area contributed by atoms with E-state index in [1.54, 1.807) is 18.9 Å². The minimum Gasteiger partial charge on any atom is -0.496 e. The molecule has 21 heavy (non-hydrogen) atoms. The quantitative estimate of drug-likeness (QED) is 0.544. The molecular weight excluding hydrogens is 284 g/mol. The minimum atomic E-state index is 0.104. The number of methoxy groups -OCH3 is 1. The van der Waals surface area contributed by atoms with E-state index in [2.05, 4.69) is 29.7 Å². The second-order valence-electron chi connectivity index (χ2n) is 4.99. The first-order valence-corrected chi connectivity index (χ1v) is 8.54. The van der Waals surface area contributed by atoms with Crippen molar-refractivity contribution in [2.45, 2.75) is 44.2 Å². The molecule has 5 heteroatoms. The fraction of sp³-hybridized carbons (Fsp3) is 0.562. The van der Waals surface area contributed by atoms with Gasteiger partial charge in [-0.15, -0.1) is 11.8 Å². The van der Waals surface area contributed by atoms with Crippen LogP contribution in [0, 0.1) is 0 Å². The van der Waals surface area contributed by atoms with Crippen molar-refractivity contribution in [3.63, 3.8) is 0 Å². The van der Waals surface area contributed by atoms with E-state index in [1.165, 1.54) is 0 Å². The molecule has 0 aliphatic heterocycles. The third-order valence-electron chi connectivity index (χ3n) is 3.33. The van der Waals surface area contributed by atoms with Gasteiger partial charge in [0.05, 0.1) is 7.11 Å². The van der Waals surface area contributed by atoms with Gasteiger partial charge in [0.25, 0.3) is 0 Å². The van der Waals surface area contributed by atoms with Gasteiger partial charge in [0.15, 0.2) is 0 Å². The Morgan fingerprint density at radius 2 is 2.19 bits per heavy atom. The molecule has 4 nitrogen and oxygen atoms in total. The van der Waals surface area contributed by atoms with Crippen molar-refractivity contribution in [1.29, 1.82) is 0 Å². The first-order chi connectivity index (χ1) is 10.1. The van der Waals surface area contributed by atoms with E-state index in [4.69, 9.17) is 4.74 Å². The topological polar surface area (TPSA) is 50.4 Å². The molecular formula is C16H26N2O2S. The maximum absolute atomic E-state index is 11.6. The molecule has 1 rings (SSSR count). The molecule has 0 heterocycles. The third-order valence-corrected chi connectivity index (χ3v) is 4.10. The summed E-state index contributed by atoms with van der Waals surface area (Å²) in [5.41, 5.74) is 1.16. The van der Waals surface area contributed by atoms with Gasteiger partial charge in [0, 0.05) is 30.4 Å². The summed E-state index contributed by atoms with van der Waals surface area (Å²) < 4.78 is 5.36. The van der Waals surface area contributed by atoms with Crippen LogP contribution in [0.4, 0.5) is 0 Å². The lowest BCUT2D eigenvalue weighted by Gasteiger charge is -2.12. The van der Waals surface area contributed by atoms with E-state index in [0.717, 1.165) is 29.2 Å². The standard InChI is InChI=1S/C16H26N2O2S/c1-5-12(2)18-16(19)8-9-17-11-13-6-7-15(21-4)14(10-13)20-3/h6-7,10,12,17H,5,8-9,11H2,1-4H3,(H,18,19)/t12-/m1/s1. The molecule has 1 aromatic carbocycles. The SMILES string of the molecule is CC[C@@H](C)NC(=O)CCNCc1ccc(SC)c(OC)c1. The second kappa shape index (κ2) is 9.68. The fourth-order valence-corrected chi connectivity index (χ4v) is 2.42. The molecule has 0 radical (unpaired) electrons. The molecule has 0 aliphatic carbocycles. The molecule has 0 saturated heterocycles. The van der Waals surface area contributed by atoms with Crippen LogP contribution in [0.15, 0.2) is 23.1 Å². The van der Waals surface area contributed by atoms with Gasteiger partial charge in [-0.1, -0.05) is 13.0 Å². The summed E-state index contributed by atoms with van der Waals surface area (Å²) in [5.74, 6) is 1.00. The molecule has 1 atom stereocenters. The van der Waals surface area contributed by atoms with Gasteiger partial charge in [0.1, 0.15) is 5.75 Å². The van der Waals surface area contributed by atoms with Crippen LogP contribution >= 0.6 is 11.8 Å². The van der Waals surface area contributed by atoms with Crippen LogP contribution in [0.3, 0.4) is 0 Å². The Morgan fingerprint density at radius 3 is 2.81 bits per heavy atom. The Labute approximate surface area is 132 Å². The first-order valence-electron chi connectivity index (χ1n) is 7.31. The largest absolute Gasteiger partial charge is 0.496 e. The lowest BCUT2D eigenvalue weighted by Crippen LogP contribution is -2.33. The number of hydrogen-bond acceptors (Lipinski definition) is 4. The summed E-state index contributed by atoms with van der Waals surface area (Å²) in [7, 11) is 1.69. The highest BCUT2D eigenvalue weighted by molar-refractivity contribution is 7.98. The van der Waals surface area contributed by atoms with Crippen molar-refractivity contribution in [3.05, 3.63) is 23.8 Å². The summed E-state index contributed by atoms with van der Waals surface area (Å²) in [4.78, 5) is 12.8. The molecule has 0 aromatic heterocycles. The van der Waals surface area contributed by atoms with Crippen LogP contribution in [0.2, 0.25) is 0 Å². The van der Waals surface area contributed by atoms with Gasteiger partial charge < -0.3 is 15.4 Å². The van der Waals surface area contributed by atoms with Crippen LogP contribution in [0.5, 0.6) is 5.75 Å². The average Bonchev–Trinajstić information content (AvgIpc) is 2.51. The smallest absolute Gasteiger partial charge is 0.221 e. The molecule has 118 valence electrons. The van der Waals surface area contributed by atoms with E-state index < -0.39 is 0 Å². The van der Waals surface area contributed by atoms with Crippen LogP contribution in [0.1, 0.15) is 32.3 Å². The average molecular weight is 310 g/mol. The summed E-state index contributed by atoms with van der Waals surface area (Å²) in [6.45, 7) is 5.50. The van der Waals surface area contributed by atoms with Crippen molar-refractivity contribution in [1.82, 2.24) is 10.6 Å². The fourth-order valence-electron chi connectivity index (χ4n) is 1.87. The zero-order valence-corrected chi connectivity index (χ0v) is 14.2. The van der Waals surface area contributed by atoms with Crippen molar-refractivity contribution in [3.8, 4) is 5.75 Å². The number of ether oxygens (including phenoxy) is 1. The molecule has 0 saturated carbocycles. The minimum absolute atomic E-state index is 0.104. The number of nitrogens with one attached hydrogen (secondary N) is 2.